The van der Waals surface area contributed by atoms with Gasteiger partial charge >= 0.3 is 0 Å². The van der Waals surface area contributed by atoms with Crippen molar-refractivity contribution in [1.82, 2.24) is 4.90 Å². The van der Waals surface area contributed by atoms with Crippen LogP contribution < -0.4 is 24.3 Å². The Morgan fingerprint density at radius 2 is 1.48 bits per heavy atom. The first-order chi connectivity index (χ1) is 20.4. The molecule has 4 aromatic carbocycles. The summed E-state index contributed by atoms with van der Waals surface area (Å²) in [5.74, 6) is 0.0712. The molecule has 0 saturated carbocycles. The fraction of sp³-hybridized carbons (Fsp3) is 0.212. The van der Waals surface area contributed by atoms with Crippen LogP contribution in [0.25, 0.3) is 0 Å². The van der Waals surface area contributed by atoms with E-state index in [4.69, 9.17) is 18.9 Å². The lowest BCUT2D eigenvalue weighted by Gasteiger charge is -2.42. The van der Waals surface area contributed by atoms with E-state index in [1.165, 1.54) is 33.5 Å². The molecule has 5 rings (SSSR count). The van der Waals surface area contributed by atoms with Crippen LogP contribution in [-0.2, 0) is 11.3 Å². The monoisotopic (exact) mass is 570 g/mol. The van der Waals surface area contributed by atoms with Crippen molar-refractivity contribution in [3.8, 4) is 23.0 Å². The van der Waals surface area contributed by atoms with Crippen LogP contribution >= 0.6 is 0 Å². The summed E-state index contributed by atoms with van der Waals surface area (Å²) < 4.78 is 35.4. The maximum atomic E-state index is 14.3. The molecule has 2 unspecified atom stereocenters. The summed E-state index contributed by atoms with van der Waals surface area (Å²) in [4.78, 5) is 30.0. The Balaban J connectivity index is 1.63. The van der Waals surface area contributed by atoms with Crippen LogP contribution in [0.1, 0.15) is 39.0 Å². The van der Waals surface area contributed by atoms with Gasteiger partial charge in [0.05, 0.1) is 40.4 Å². The quantitative estimate of drug-likeness (QED) is 0.267. The number of fused-ring (bicyclic) bond motifs is 1. The SMILES string of the molecule is COc1ccc(C2C(C(=O)Nc3cc(OC)c(OC)c(OC)c3)c3ccccc3C(=O)N2Cc2ccc(F)cc2)cc1. The summed E-state index contributed by atoms with van der Waals surface area (Å²) in [6.45, 7) is 0.165. The Bertz CT molecular complexity index is 1560. The number of nitrogens with zero attached hydrogens (tertiary/aromatic N) is 1. The summed E-state index contributed by atoms with van der Waals surface area (Å²) in [7, 11) is 6.07. The minimum Gasteiger partial charge on any atom is -0.497 e. The van der Waals surface area contributed by atoms with Gasteiger partial charge in [-0.25, -0.2) is 4.39 Å². The van der Waals surface area contributed by atoms with Crippen LogP contribution in [0.2, 0.25) is 0 Å². The van der Waals surface area contributed by atoms with Crippen LogP contribution in [0.4, 0.5) is 10.1 Å². The Morgan fingerprint density at radius 1 is 0.833 bits per heavy atom. The van der Waals surface area contributed by atoms with Gasteiger partial charge in [0.25, 0.3) is 5.91 Å². The number of hydrogen-bond donors (Lipinski definition) is 1. The number of hydrogen-bond acceptors (Lipinski definition) is 6. The van der Waals surface area contributed by atoms with Crippen molar-refractivity contribution in [3.05, 3.63) is 113 Å². The van der Waals surface area contributed by atoms with Gasteiger partial charge in [-0.05, 0) is 47.0 Å². The number of ether oxygens (including phenoxy) is 4. The van der Waals surface area contributed by atoms with Crippen molar-refractivity contribution >= 4 is 17.5 Å². The molecule has 0 fully saturated rings. The second-order valence-corrected chi connectivity index (χ2v) is 9.75. The van der Waals surface area contributed by atoms with Gasteiger partial charge in [0, 0.05) is 29.9 Å². The highest BCUT2D eigenvalue weighted by Crippen LogP contribution is 2.45. The third-order valence-corrected chi connectivity index (χ3v) is 7.38. The molecule has 9 heteroatoms. The standard InChI is InChI=1S/C33H31FN2O6/c1-39-24-15-11-21(12-16-24)30-29(32(37)35-23-17-27(40-2)31(42-4)28(18-23)41-3)25-7-5-6-8-26(25)33(38)36(30)19-20-9-13-22(34)14-10-20/h5-18,29-30H,19H2,1-4H3,(H,35,37). The Hall–Kier alpha value is -5.05. The molecule has 1 aliphatic rings. The first-order valence-electron chi connectivity index (χ1n) is 13.3. The molecule has 0 spiro atoms. The number of carbonyl (C=O) groups is 2. The second kappa shape index (κ2) is 12.2. The predicted octanol–water partition coefficient (Wildman–Crippen LogP) is 5.98. The van der Waals surface area contributed by atoms with Crippen molar-refractivity contribution in [2.75, 3.05) is 33.8 Å². The Morgan fingerprint density at radius 3 is 2.07 bits per heavy atom. The van der Waals surface area contributed by atoms with E-state index in [-0.39, 0.29) is 24.2 Å². The predicted molar refractivity (Wildman–Crippen MR) is 156 cm³/mol. The van der Waals surface area contributed by atoms with Gasteiger partial charge in [0.15, 0.2) is 11.5 Å². The van der Waals surface area contributed by atoms with Gasteiger partial charge in [0.2, 0.25) is 11.7 Å². The molecular weight excluding hydrogens is 539 g/mol. The zero-order chi connectivity index (χ0) is 29.8. The highest BCUT2D eigenvalue weighted by molar-refractivity contribution is 6.04. The molecule has 0 saturated heterocycles. The van der Waals surface area contributed by atoms with Gasteiger partial charge in [-0.3, -0.25) is 9.59 Å². The normalized spacial score (nSPS) is 15.9. The molecule has 0 bridgehead atoms. The minimum absolute atomic E-state index is 0.165. The van der Waals surface area contributed by atoms with Crippen LogP contribution in [-0.4, -0.2) is 45.2 Å². The number of nitrogens with one attached hydrogen (secondary N) is 1. The van der Waals surface area contributed by atoms with Gasteiger partial charge in [0.1, 0.15) is 11.6 Å². The van der Waals surface area contributed by atoms with E-state index in [2.05, 4.69) is 5.32 Å². The number of anilines is 1. The van der Waals surface area contributed by atoms with Crippen molar-refractivity contribution in [3.63, 3.8) is 0 Å². The lowest BCUT2D eigenvalue weighted by atomic mass is 9.79. The smallest absolute Gasteiger partial charge is 0.255 e. The van der Waals surface area contributed by atoms with Crippen molar-refractivity contribution in [2.24, 2.45) is 0 Å². The summed E-state index contributed by atoms with van der Waals surface area (Å²) >= 11 is 0. The van der Waals surface area contributed by atoms with Crippen LogP contribution in [0, 0.1) is 5.82 Å². The van der Waals surface area contributed by atoms with E-state index < -0.39 is 12.0 Å². The average Bonchev–Trinajstić information content (AvgIpc) is 3.02. The van der Waals surface area contributed by atoms with E-state index in [0.29, 0.717) is 39.8 Å². The summed E-state index contributed by atoms with van der Waals surface area (Å²) in [5.41, 5.74) is 2.93. The third-order valence-electron chi connectivity index (χ3n) is 7.38. The highest BCUT2D eigenvalue weighted by atomic mass is 19.1. The average molecular weight is 571 g/mol. The van der Waals surface area contributed by atoms with E-state index in [9.17, 15) is 14.0 Å². The molecular formula is C33H31FN2O6. The van der Waals surface area contributed by atoms with Gasteiger partial charge in [-0.1, -0.05) is 42.5 Å². The molecule has 0 aliphatic carbocycles. The zero-order valence-electron chi connectivity index (χ0n) is 23.7. The lowest BCUT2D eigenvalue weighted by Crippen LogP contribution is -2.45. The molecule has 216 valence electrons. The number of carbonyl (C=O) groups excluding carboxylic acids is 2. The summed E-state index contributed by atoms with van der Waals surface area (Å²) in [5, 5.41) is 3.02. The molecule has 8 nitrogen and oxygen atoms in total. The molecule has 1 N–H and O–H groups in total. The zero-order valence-corrected chi connectivity index (χ0v) is 23.7. The second-order valence-electron chi connectivity index (χ2n) is 9.75. The molecule has 2 amide bonds. The first kappa shape index (κ1) is 28.5. The number of halogens is 1. The highest BCUT2D eigenvalue weighted by Gasteiger charge is 2.44. The summed E-state index contributed by atoms with van der Waals surface area (Å²) in [6.07, 6.45) is 0. The van der Waals surface area contributed by atoms with Crippen molar-refractivity contribution in [1.29, 1.82) is 0 Å². The maximum absolute atomic E-state index is 14.3. The van der Waals surface area contributed by atoms with E-state index in [0.717, 1.165) is 11.1 Å². The largest absolute Gasteiger partial charge is 0.497 e. The molecule has 2 atom stereocenters. The number of benzene rings is 4. The van der Waals surface area contributed by atoms with Gasteiger partial charge < -0.3 is 29.2 Å². The van der Waals surface area contributed by atoms with E-state index in [1.807, 2.05) is 18.2 Å². The fourth-order valence-corrected chi connectivity index (χ4v) is 5.38. The molecule has 1 heterocycles. The Labute approximate surface area is 243 Å². The fourth-order valence-electron chi connectivity index (χ4n) is 5.38. The maximum Gasteiger partial charge on any atom is 0.255 e. The lowest BCUT2D eigenvalue weighted by molar-refractivity contribution is -0.119. The molecule has 42 heavy (non-hydrogen) atoms. The van der Waals surface area contributed by atoms with E-state index in [1.54, 1.807) is 66.6 Å². The van der Waals surface area contributed by atoms with E-state index >= 15 is 0 Å². The topological polar surface area (TPSA) is 86.3 Å². The molecule has 1 aliphatic heterocycles. The molecule has 4 aromatic rings. The first-order valence-corrected chi connectivity index (χ1v) is 13.3. The minimum atomic E-state index is -0.799. The van der Waals surface area contributed by atoms with Crippen LogP contribution in [0.3, 0.4) is 0 Å². The van der Waals surface area contributed by atoms with Gasteiger partial charge in [-0.15, -0.1) is 0 Å². The molecule has 0 radical (unpaired) electrons. The van der Waals surface area contributed by atoms with Crippen molar-refractivity contribution < 1.29 is 32.9 Å². The van der Waals surface area contributed by atoms with Gasteiger partial charge in [-0.2, -0.15) is 0 Å². The van der Waals surface area contributed by atoms with Crippen molar-refractivity contribution in [2.45, 2.75) is 18.5 Å². The van der Waals surface area contributed by atoms with Crippen LogP contribution in [0.5, 0.6) is 23.0 Å². The number of amides is 2. The number of methoxy groups -OCH3 is 4. The number of rotatable bonds is 9. The Kier molecular flexibility index (Phi) is 8.28. The molecule has 0 aromatic heterocycles. The third kappa shape index (κ3) is 5.45. The van der Waals surface area contributed by atoms with Crippen LogP contribution in [0.15, 0.2) is 84.9 Å². The summed E-state index contributed by atoms with van der Waals surface area (Å²) in [6, 6.07) is 23.0.